The smallest absolute Gasteiger partial charge is 0.343 e. The molecule has 2 atom stereocenters. The third-order valence-corrected chi connectivity index (χ3v) is 5.34. The molecule has 0 aromatic heterocycles. The summed E-state index contributed by atoms with van der Waals surface area (Å²) >= 11 is 0. The van der Waals surface area contributed by atoms with Gasteiger partial charge in [-0.1, -0.05) is 0 Å². The molecule has 1 fully saturated rings. The molecule has 1 saturated heterocycles. The van der Waals surface area contributed by atoms with Crippen molar-refractivity contribution in [2.24, 2.45) is 0 Å². The van der Waals surface area contributed by atoms with Crippen molar-refractivity contribution in [1.29, 1.82) is 0 Å². The van der Waals surface area contributed by atoms with E-state index in [9.17, 15) is 9.59 Å². The molecule has 1 aliphatic rings. The van der Waals surface area contributed by atoms with Crippen LogP contribution in [0.4, 0.5) is 0 Å². The predicted octanol–water partition coefficient (Wildman–Crippen LogP) is 3.31. The molecule has 1 aliphatic heterocycles. The van der Waals surface area contributed by atoms with Gasteiger partial charge in [-0.3, -0.25) is 0 Å². The van der Waals surface area contributed by atoms with E-state index in [-0.39, 0.29) is 44.9 Å². The number of carbonyl (C=O) groups excluding carboxylic acids is 2. The minimum atomic E-state index is -0.550. The number of aliphatic hydroxyl groups excluding tert-OH is 1. The average Bonchev–Trinajstić information content (AvgIpc) is 3.30. The van der Waals surface area contributed by atoms with E-state index in [1.165, 1.54) is 24.3 Å². The first-order valence-electron chi connectivity index (χ1n) is 11.8. The third kappa shape index (κ3) is 9.21. The fourth-order valence-electron chi connectivity index (χ4n) is 3.28. The van der Waals surface area contributed by atoms with E-state index >= 15 is 0 Å². The number of unbranched alkanes of at least 4 members (excludes halogenated alkanes) is 1. The minimum absolute atomic E-state index is 0.00117. The van der Waals surface area contributed by atoms with E-state index in [2.05, 4.69) is 0 Å². The zero-order valence-corrected chi connectivity index (χ0v) is 20.3. The van der Waals surface area contributed by atoms with Crippen molar-refractivity contribution in [2.45, 2.75) is 38.4 Å². The number of benzene rings is 2. The van der Waals surface area contributed by atoms with Gasteiger partial charge in [0.25, 0.3) is 0 Å². The van der Waals surface area contributed by atoms with Crippen LogP contribution in [0.5, 0.6) is 11.5 Å². The van der Waals surface area contributed by atoms with E-state index in [4.69, 9.17) is 38.3 Å². The Labute approximate surface area is 210 Å². The van der Waals surface area contributed by atoms with Gasteiger partial charge in [0.2, 0.25) is 0 Å². The molecule has 0 bridgehead atoms. The van der Waals surface area contributed by atoms with Gasteiger partial charge in [-0.15, -0.1) is 0 Å². The van der Waals surface area contributed by atoms with Crippen LogP contribution in [0.15, 0.2) is 48.5 Å². The molecule has 2 aromatic rings. The Hall–Kier alpha value is -3.02. The van der Waals surface area contributed by atoms with Gasteiger partial charge in [-0.2, -0.15) is 0 Å². The van der Waals surface area contributed by atoms with Crippen molar-refractivity contribution in [1.82, 2.24) is 0 Å². The maximum absolute atomic E-state index is 12.4. The summed E-state index contributed by atoms with van der Waals surface area (Å²) in [5.74, 6) is -0.274. The Kier molecular flexibility index (Phi) is 11.6. The summed E-state index contributed by atoms with van der Waals surface area (Å²) in [6.07, 6.45) is 2.12. The van der Waals surface area contributed by atoms with Crippen molar-refractivity contribution in [3.05, 3.63) is 59.7 Å². The number of hydrogen-bond donors (Lipinski definition) is 1. The Morgan fingerprint density at radius 1 is 0.889 bits per heavy atom. The topological polar surface area (TPSA) is 119 Å². The largest absolute Gasteiger partial charge is 0.467 e. The molecule has 2 unspecified atom stereocenters. The molecule has 196 valence electrons. The molecule has 0 aliphatic carbocycles. The number of carbonyl (C=O) groups is 2. The van der Waals surface area contributed by atoms with Gasteiger partial charge in [-0.05, 0) is 74.7 Å². The molecule has 0 spiro atoms. The van der Waals surface area contributed by atoms with Crippen LogP contribution >= 0.6 is 0 Å². The lowest BCUT2D eigenvalue weighted by Gasteiger charge is -2.15. The monoisotopic (exact) mass is 504 g/mol. The van der Waals surface area contributed by atoms with Crippen LogP contribution in [-0.4, -0.2) is 69.5 Å². The normalized spacial score (nSPS) is 17.1. The molecule has 1 heterocycles. The molecule has 36 heavy (non-hydrogen) atoms. The highest BCUT2D eigenvalue weighted by molar-refractivity contribution is 5.92. The van der Waals surface area contributed by atoms with Gasteiger partial charge < -0.3 is 38.3 Å². The zero-order chi connectivity index (χ0) is 25.6. The lowest BCUT2D eigenvalue weighted by molar-refractivity contribution is -0.0997. The van der Waals surface area contributed by atoms with Gasteiger partial charge in [0.15, 0.2) is 20.4 Å². The second-order valence-electron chi connectivity index (χ2n) is 7.98. The second kappa shape index (κ2) is 15.2. The fraction of sp³-hybridized carbons (Fsp3) is 0.462. The summed E-state index contributed by atoms with van der Waals surface area (Å²) in [6, 6.07) is 12.5. The molecule has 10 nitrogen and oxygen atoms in total. The van der Waals surface area contributed by atoms with Crippen LogP contribution in [0.3, 0.4) is 0 Å². The fourth-order valence-corrected chi connectivity index (χ4v) is 3.28. The molecule has 10 heteroatoms. The molecule has 0 amide bonds. The van der Waals surface area contributed by atoms with E-state index < -0.39 is 11.9 Å². The van der Waals surface area contributed by atoms with Crippen LogP contribution < -0.4 is 9.47 Å². The Morgan fingerprint density at radius 3 is 2.25 bits per heavy atom. The predicted molar refractivity (Wildman–Crippen MR) is 127 cm³/mol. The molecule has 1 N–H and O–H groups in total. The van der Waals surface area contributed by atoms with E-state index in [0.29, 0.717) is 36.5 Å². The Bertz CT molecular complexity index is 929. The Morgan fingerprint density at radius 2 is 1.58 bits per heavy atom. The quantitative estimate of drug-likeness (QED) is 0.167. The molecule has 0 saturated carbocycles. The van der Waals surface area contributed by atoms with Gasteiger partial charge in [0.1, 0.15) is 11.5 Å². The average molecular weight is 505 g/mol. The highest BCUT2D eigenvalue weighted by Crippen LogP contribution is 2.18. The van der Waals surface area contributed by atoms with Gasteiger partial charge in [-0.25, -0.2) is 9.59 Å². The molecule has 0 radical (unpaired) electrons. The first-order chi connectivity index (χ1) is 17.6. The van der Waals surface area contributed by atoms with Crippen molar-refractivity contribution in [3.63, 3.8) is 0 Å². The lowest BCUT2D eigenvalue weighted by Crippen LogP contribution is -2.23. The SMILES string of the molecule is CC1OCCC1OCOC(=O)c1ccc(OC(=O)c2ccc(OCOCOCCCCO)cc2)cc1. The highest BCUT2D eigenvalue weighted by atomic mass is 16.7. The third-order valence-electron chi connectivity index (χ3n) is 5.34. The van der Waals surface area contributed by atoms with Crippen LogP contribution in [0.25, 0.3) is 0 Å². The number of rotatable bonds is 15. The number of esters is 2. The van der Waals surface area contributed by atoms with Crippen LogP contribution in [0.1, 0.15) is 46.9 Å². The van der Waals surface area contributed by atoms with Crippen molar-refractivity contribution in [2.75, 3.05) is 40.2 Å². The Balaban J connectivity index is 1.35. The van der Waals surface area contributed by atoms with Gasteiger partial charge >= 0.3 is 11.9 Å². The van der Waals surface area contributed by atoms with Crippen LogP contribution in [-0.2, 0) is 23.7 Å². The summed E-state index contributed by atoms with van der Waals surface area (Å²) in [5, 5.41) is 8.69. The second-order valence-corrected chi connectivity index (χ2v) is 7.98. The summed E-state index contributed by atoms with van der Waals surface area (Å²) < 4.78 is 37.3. The zero-order valence-electron chi connectivity index (χ0n) is 20.3. The highest BCUT2D eigenvalue weighted by Gasteiger charge is 2.25. The molecular formula is C26H32O10. The van der Waals surface area contributed by atoms with Gasteiger partial charge in [0, 0.05) is 19.8 Å². The van der Waals surface area contributed by atoms with Crippen molar-refractivity contribution >= 4 is 11.9 Å². The maximum Gasteiger partial charge on any atom is 0.343 e. The first kappa shape index (κ1) is 27.6. The molecule has 3 rings (SSSR count). The number of hydrogen-bond acceptors (Lipinski definition) is 10. The molecular weight excluding hydrogens is 472 g/mol. The van der Waals surface area contributed by atoms with Gasteiger partial charge in [0.05, 0.1) is 23.3 Å². The van der Waals surface area contributed by atoms with Crippen LogP contribution in [0.2, 0.25) is 0 Å². The van der Waals surface area contributed by atoms with E-state index in [1.807, 2.05) is 6.92 Å². The lowest BCUT2D eigenvalue weighted by atomic mass is 10.2. The number of ether oxygens (including phenoxy) is 7. The van der Waals surface area contributed by atoms with E-state index in [0.717, 1.165) is 12.8 Å². The molecule has 2 aromatic carbocycles. The van der Waals surface area contributed by atoms with E-state index in [1.54, 1.807) is 24.3 Å². The summed E-state index contributed by atoms with van der Waals surface area (Å²) in [5.41, 5.74) is 0.648. The maximum atomic E-state index is 12.4. The summed E-state index contributed by atoms with van der Waals surface area (Å²) in [4.78, 5) is 24.6. The van der Waals surface area contributed by atoms with Crippen molar-refractivity contribution in [3.8, 4) is 11.5 Å². The standard InChI is InChI=1S/C26H32O10/c1-19-24(12-15-32-19)34-18-35-25(28)20-6-10-23(11-7-20)36-26(29)21-4-8-22(9-5-21)33-17-31-16-30-14-3-2-13-27/h4-11,19,24,27H,2-3,12-18H2,1H3. The van der Waals surface area contributed by atoms with Crippen molar-refractivity contribution < 1.29 is 47.9 Å². The minimum Gasteiger partial charge on any atom is -0.467 e. The first-order valence-corrected chi connectivity index (χ1v) is 11.8. The number of aliphatic hydroxyl groups is 1. The summed E-state index contributed by atoms with van der Waals surface area (Å²) in [6.45, 7) is 3.14. The summed E-state index contributed by atoms with van der Waals surface area (Å²) in [7, 11) is 0. The van der Waals surface area contributed by atoms with Crippen LogP contribution in [0, 0.1) is 0 Å².